The maximum absolute atomic E-state index is 14.2. The summed E-state index contributed by atoms with van der Waals surface area (Å²) in [7, 11) is 1.71. The monoisotopic (exact) mass is 725 g/mol. The van der Waals surface area contributed by atoms with Crippen molar-refractivity contribution in [3.05, 3.63) is 105 Å². The fourth-order valence-corrected chi connectivity index (χ4v) is 8.44. The lowest BCUT2D eigenvalue weighted by Crippen LogP contribution is -2.41. The summed E-state index contributed by atoms with van der Waals surface area (Å²) in [5.74, 6) is -1.58. The molecule has 2 amide bonds. The number of anilines is 1. The zero-order valence-corrected chi connectivity index (χ0v) is 31.8. The number of hydrogen-bond donors (Lipinski definition) is 2. The molecule has 0 atom stereocenters. The maximum atomic E-state index is 14.2. The molecule has 11 heteroatoms. The van der Waals surface area contributed by atoms with E-state index in [2.05, 4.69) is 43.0 Å². The SMILES string of the molecule is CCC(CC)N(CCN(C)C(=O)CCC(=O)O)Cc1cccc(C(=O)Nc2sc3c(c2C(=O)c2cnn(Cc4ccccc4)c2)CCC(C)(C)C3)c1. The number of aliphatic carboxylic acids is 1. The smallest absolute Gasteiger partial charge is 0.303 e. The van der Waals surface area contributed by atoms with Crippen LogP contribution < -0.4 is 5.32 Å². The molecule has 0 fully saturated rings. The first-order valence-corrected chi connectivity index (χ1v) is 19.0. The molecule has 5 rings (SSSR count). The van der Waals surface area contributed by atoms with Crippen molar-refractivity contribution in [3.8, 4) is 0 Å². The minimum atomic E-state index is -0.985. The number of aromatic nitrogens is 2. The third-order valence-corrected chi connectivity index (χ3v) is 11.2. The standard InChI is InChI=1S/C41H51N5O5S/c1-6-32(7-2)45(21-20-44(5)35(47)16-17-36(48)49)25-29-14-11-15-30(22-29)39(51)43-40-37(33-18-19-41(3,4)23-34(33)52-40)38(50)31-24-42-46(27-31)26-28-12-9-8-10-13-28/h8-15,22,24,27,32H,6-7,16-21,23,25-26H2,1-5H3,(H,43,51)(H,48,49). The molecule has 0 unspecified atom stereocenters. The van der Waals surface area contributed by atoms with Gasteiger partial charge in [0.15, 0.2) is 5.78 Å². The Hall–Kier alpha value is -4.61. The van der Waals surface area contributed by atoms with E-state index in [-0.39, 0.29) is 41.9 Å². The van der Waals surface area contributed by atoms with E-state index in [1.165, 1.54) is 11.3 Å². The summed E-state index contributed by atoms with van der Waals surface area (Å²) < 4.78 is 1.77. The van der Waals surface area contributed by atoms with Crippen molar-refractivity contribution in [2.24, 2.45) is 5.41 Å². The van der Waals surface area contributed by atoms with Gasteiger partial charge in [-0.3, -0.25) is 28.8 Å². The number of carboxylic acids is 1. The normalized spacial score (nSPS) is 13.6. The summed E-state index contributed by atoms with van der Waals surface area (Å²) in [6.45, 7) is 11.0. The van der Waals surface area contributed by atoms with Gasteiger partial charge >= 0.3 is 5.97 Å². The molecule has 2 N–H and O–H groups in total. The molecule has 2 aromatic heterocycles. The van der Waals surface area contributed by atoms with Crippen LogP contribution in [0.3, 0.4) is 0 Å². The van der Waals surface area contributed by atoms with Gasteiger partial charge in [-0.2, -0.15) is 5.10 Å². The van der Waals surface area contributed by atoms with Crippen LogP contribution in [0.5, 0.6) is 0 Å². The number of benzene rings is 2. The van der Waals surface area contributed by atoms with E-state index < -0.39 is 5.97 Å². The molecule has 276 valence electrons. The van der Waals surface area contributed by atoms with Gasteiger partial charge in [0.05, 0.1) is 30.3 Å². The molecule has 0 bridgehead atoms. The molecule has 10 nitrogen and oxygen atoms in total. The second kappa shape index (κ2) is 17.3. The molecule has 1 aliphatic rings. The van der Waals surface area contributed by atoms with Crippen LogP contribution in [0.2, 0.25) is 0 Å². The predicted molar refractivity (Wildman–Crippen MR) is 205 cm³/mol. The predicted octanol–water partition coefficient (Wildman–Crippen LogP) is 7.30. The third kappa shape index (κ3) is 9.83. The maximum Gasteiger partial charge on any atom is 0.303 e. The second-order valence-corrected chi connectivity index (χ2v) is 15.7. The van der Waals surface area contributed by atoms with E-state index in [4.69, 9.17) is 5.11 Å². The highest BCUT2D eigenvalue weighted by molar-refractivity contribution is 7.17. The summed E-state index contributed by atoms with van der Waals surface area (Å²) in [5.41, 5.74) is 4.76. The number of rotatable bonds is 17. The first-order chi connectivity index (χ1) is 24.9. The lowest BCUT2D eigenvalue weighted by atomic mass is 9.76. The summed E-state index contributed by atoms with van der Waals surface area (Å²) in [4.78, 5) is 56.6. The van der Waals surface area contributed by atoms with Crippen molar-refractivity contribution < 1.29 is 24.3 Å². The Morgan fingerprint density at radius 1 is 0.981 bits per heavy atom. The lowest BCUT2D eigenvalue weighted by molar-refractivity contribution is -0.140. The van der Waals surface area contributed by atoms with Gasteiger partial charge in [0.1, 0.15) is 5.00 Å². The summed E-state index contributed by atoms with van der Waals surface area (Å²) in [6, 6.07) is 17.8. The van der Waals surface area contributed by atoms with E-state index in [1.807, 2.05) is 48.5 Å². The van der Waals surface area contributed by atoms with E-state index in [0.29, 0.717) is 47.9 Å². The van der Waals surface area contributed by atoms with Crippen molar-refractivity contribution in [2.45, 2.75) is 91.8 Å². The molecule has 2 aromatic carbocycles. The number of nitrogens with zero attached hydrogens (tertiary/aromatic N) is 4. The van der Waals surface area contributed by atoms with Gasteiger partial charge in [-0.25, -0.2) is 0 Å². The van der Waals surface area contributed by atoms with Crippen LogP contribution in [0.25, 0.3) is 0 Å². The van der Waals surface area contributed by atoms with E-state index in [1.54, 1.807) is 35.1 Å². The van der Waals surface area contributed by atoms with E-state index in [9.17, 15) is 19.2 Å². The average molecular weight is 726 g/mol. The largest absolute Gasteiger partial charge is 0.481 e. The van der Waals surface area contributed by atoms with Gasteiger partial charge in [-0.05, 0) is 66.3 Å². The number of nitrogens with one attached hydrogen (secondary N) is 1. The minimum absolute atomic E-state index is 0.0236. The molecule has 0 spiro atoms. The van der Waals surface area contributed by atoms with E-state index >= 15 is 0 Å². The molecule has 0 saturated heterocycles. The fourth-order valence-electron chi connectivity index (χ4n) is 6.94. The van der Waals surface area contributed by atoms with Crippen LogP contribution in [0.1, 0.15) is 108 Å². The highest BCUT2D eigenvalue weighted by Gasteiger charge is 2.33. The molecular formula is C41H51N5O5S. The number of hydrogen-bond acceptors (Lipinski definition) is 7. The van der Waals surface area contributed by atoms with Crippen LogP contribution in [0.15, 0.2) is 67.0 Å². The van der Waals surface area contributed by atoms with Gasteiger partial charge in [-0.1, -0.05) is 70.2 Å². The quantitative estimate of drug-likeness (QED) is 0.110. The second-order valence-electron chi connectivity index (χ2n) is 14.6. The van der Waals surface area contributed by atoms with Crippen LogP contribution in [-0.4, -0.2) is 74.4 Å². The summed E-state index contributed by atoms with van der Waals surface area (Å²) in [5, 5.41) is 17.2. The Morgan fingerprint density at radius 2 is 1.71 bits per heavy atom. The number of carbonyl (C=O) groups excluding carboxylic acids is 3. The first-order valence-electron chi connectivity index (χ1n) is 18.2. The number of amides is 2. The van der Waals surface area contributed by atoms with Crippen LogP contribution in [0, 0.1) is 5.41 Å². The van der Waals surface area contributed by atoms with Gasteiger partial charge < -0.3 is 15.3 Å². The molecule has 0 aliphatic heterocycles. The Kier molecular flexibility index (Phi) is 12.8. The number of thiophene rings is 1. The van der Waals surface area contributed by atoms with Gasteiger partial charge in [0.2, 0.25) is 5.91 Å². The van der Waals surface area contributed by atoms with Crippen molar-refractivity contribution in [1.82, 2.24) is 19.6 Å². The van der Waals surface area contributed by atoms with E-state index in [0.717, 1.165) is 53.7 Å². The molecule has 0 radical (unpaired) electrons. The Bertz CT molecular complexity index is 1880. The van der Waals surface area contributed by atoms with Crippen molar-refractivity contribution in [2.75, 3.05) is 25.5 Å². The third-order valence-electron chi connectivity index (χ3n) is 10.1. The topological polar surface area (TPSA) is 125 Å². The molecule has 1 aliphatic carbocycles. The molecular weight excluding hydrogens is 675 g/mol. The number of fused-ring (bicyclic) bond motifs is 1. The number of ketones is 1. The Labute approximate surface area is 310 Å². The molecule has 4 aromatic rings. The van der Waals surface area contributed by atoms with Crippen molar-refractivity contribution >= 4 is 39.9 Å². The van der Waals surface area contributed by atoms with Gasteiger partial charge in [0.25, 0.3) is 5.91 Å². The Balaban J connectivity index is 1.35. The molecule has 0 saturated carbocycles. The molecule has 52 heavy (non-hydrogen) atoms. The zero-order chi connectivity index (χ0) is 37.4. The number of likely N-dealkylation sites (N-methyl/N-ethyl adjacent to an activating group) is 1. The number of carboxylic acid groups (broad SMARTS) is 1. The molecule has 2 heterocycles. The highest BCUT2D eigenvalue weighted by atomic mass is 32.1. The van der Waals surface area contributed by atoms with Gasteiger partial charge in [-0.15, -0.1) is 11.3 Å². The average Bonchev–Trinajstić information content (AvgIpc) is 3.73. The number of carbonyl (C=O) groups is 4. The van der Waals surface area contributed by atoms with Crippen molar-refractivity contribution in [1.29, 1.82) is 0 Å². The lowest BCUT2D eigenvalue weighted by Gasteiger charge is -2.32. The van der Waals surface area contributed by atoms with Crippen molar-refractivity contribution in [3.63, 3.8) is 0 Å². The first kappa shape index (κ1) is 38.6. The van der Waals surface area contributed by atoms with Crippen LogP contribution >= 0.6 is 11.3 Å². The summed E-state index contributed by atoms with van der Waals surface area (Å²) in [6.07, 6.45) is 7.62. The van der Waals surface area contributed by atoms with Crippen LogP contribution in [0.4, 0.5) is 5.00 Å². The van der Waals surface area contributed by atoms with Crippen LogP contribution in [-0.2, 0) is 35.5 Å². The summed E-state index contributed by atoms with van der Waals surface area (Å²) >= 11 is 1.51. The fraction of sp³-hybridized carbons (Fsp3) is 0.439. The van der Waals surface area contributed by atoms with Gasteiger partial charge in [0, 0.05) is 55.8 Å². The zero-order valence-electron chi connectivity index (χ0n) is 31.0. The highest BCUT2D eigenvalue weighted by Crippen LogP contribution is 2.44. The Morgan fingerprint density at radius 3 is 2.42 bits per heavy atom. The minimum Gasteiger partial charge on any atom is -0.481 e.